The molecular weight excluding hydrogens is 208 g/mol. The van der Waals surface area contributed by atoms with Gasteiger partial charge in [-0.3, -0.25) is 0 Å². The van der Waals surface area contributed by atoms with Gasteiger partial charge in [-0.2, -0.15) is 0 Å². The molecule has 0 N–H and O–H groups in total. The van der Waals surface area contributed by atoms with E-state index in [4.69, 9.17) is 0 Å². The summed E-state index contributed by atoms with van der Waals surface area (Å²) in [5.41, 5.74) is 0. The van der Waals surface area contributed by atoms with E-state index in [9.17, 15) is 19.2 Å². The standard InChI is InChI=1S/C8H6O7/c1-3-5(9)13-7(11)8(12)15-14-6(10)4-2/h3-4H,1-2H2. The Morgan fingerprint density at radius 1 is 0.800 bits per heavy atom. The number of hydrogen-bond acceptors (Lipinski definition) is 7. The van der Waals surface area contributed by atoms with Crippen molar-refractivity contribution in [1.82, 2.24) is 0 Å². The lowest BCUT2D eigenvalue weighted by atomic mass is 10.6. The molecule has 7 nitrogen and oxygen atoms in total. The zero-order valence-electron chi connectivity index (χ0n) is 7.43. The maximum absolute atomic E-state index is 10.6. The van der Waals surface area contributed by atoms with E-state index in [1.807, 2.05) is 0 Å². The number of carbonyl (C=O) groups excluding carboxylic acids is 4. The summed E-state index contributed by atoms with van der Waals surface area (Å²) >= 11 is 0. The topological polar surface area (TPSA) is 96.0 Å². The third-order valence-corrected chi connectivity index (χ3v) is 0.893. The third-order valence-electron chi connectivity index (χ3n) is 0.893. The molecule has 0 heterocycles. The SMILES string of the molecule is C=CC(=O)OOC(=O)C(=O)OC(=O)C=C. The van der Waals surface area contributed by atoms with Crippen molar-refractivity contribution in [2.24, 2.45) is 0 Å². The average Bonchev–Trinajstić information content (AvgIpc) is 2.24. The van der Waals surface area contributed by atoms with Gasteiger partial charge in [-0.1, -0.05) is 13.2 Å². The molecule has 0 radical (unpaired) electrons. The van der Waals surface area contributed by atoms with Crippen LogP contribution < -0.4 is 0 Å². The van der Waals surface area contributed by atoms with E-state index < -0.39 is 23.9 Å². The normalized spacial score (nSPS) is 8.27. The van der Waals surface area contributed by atoms with Crippen molar-refractivity contribution in [3.63, 3.8) is 0 Å². The second-order valence-electron chi connectivity index (χ2n) is 1.89. The van der Waals surface area contributed by atoms with Gasteiger partial charge in [-0.15, -0.1) is 0 Å². The Morgan fingerprint density at radius 2 is 1.33 bits per heavy atom. The van der Waals surface area contributed by atoms with Crippen LogP contribution in [0.2, 0.25) is 0 Å². The fraction of sp³-hybridized carbons (Fsp3) is 0. The molecule has 0 saturated carbocycles. The average molecular weight is 214 g/mol. The van der Waals surface area contributed by atoms with Gasteiger partial charge in [0.25, 0.3) is 0 Å². The highest BCUT2D eigenvalue weighted by Gasteiger charge is 2.22. The predicted octanol–water partition coefficient (Wildman–Crippen LogP) is -0.570. The van der Waals surface area contributed by atoms with Crippen LogP contribution in [0.4, 0.5) is 0 Å². The van der Waals surface area contributed by atoms with Crippen LogP contribution in [0, 0.1) is 0 Å². The lowest BCUT2D eigenvalue weighted by Gasteiger charge is -1.99. The molecule has 0 amide bonds. The van der Waals surface area contributed by atoms with E-state index in [0.29, 0.717) is 12.2 Å². The van der Waals surface area contributed by atoms with Crippen LogP contribution in [0.1, 0.15) is 0 Å². The molecule has 0 atom stereocenters. The molecule has 0 aliphatic heterocycles. The van der Waals surface area contributed by atoms with Crippen molar-refractivity contribution in [1.29, 1.82) is 0 Å². The Morgan fingerprint density at radius 3 is 1.80 bits per heavy atom. The molecule has 0 fully saturated rings. The van der Waals surface area contributed by atoms with Gasteiger partial charge in [0.1, 0.15) is 0 Å². The van der Waals surface area contributed by atoms with Crippen molar-refractivity contribution >= 4 is 23.9 Å². The van der Waals surface area contributed by atoms with Gasteiger partial charge in [-0.25, -0.2) is 29.0 Å². The van der Waals surface area contributed by atoms with Gasteiger partial charge in [0.2, 0.25) is 0 Å². The number of carbonyl (C=O) groups is 4. The molecule has 0 aliphatic rings. The predicted molar refractivity (Wildman–Crippen MR) is 43.7 cm³/mol. The lowest BCUT2D eigenvalue weighted by molar-refractivity contribution is -0.255. The monoisotopic (exact) mass is 214 g/mol. The van der Waals surface area contributed by atoms with Gasteiger partial charge in [-0.05, 0) is 0 Å². The lowest BCUT2D eigenvalue weighted by Crippen LogP contribution is -2.23. The van der Waals surface area contributed by atoms with Crippen LogP contribution >= 0.6 is 0 Å². The summed E-state index contributed by atoms with van der Waals surface area (Å²) in [6.45, 7) is 5.98. The van der Waals surface area contributed by atoms with Gasteiger partial charge < -0.3 is 4.74 Å². The molecule has 15 heavy (non-hydrogen) atoms. The molecule has 0 aromatic carbocycles. The Labute approximate surface area is 83.8 Å². The number of hydrogen-bond donors (Lipinski definition) is 0. The third kappa shape index (κ3) is 4.98. The summed E-state index contributed by atoms with van der Waals surface area (Å²) < 4.78 is 3.84. The van der Waals surface area contributed by atoms with Crippen molar-refractivity contribution in [3.8, 4) is 0 Å². The minimum atomic E-state index is -1.65. The summed E-state index contributed by atoms with van der Waals surface area (Å²) in [5, 5.41) is 0. The molecule has 0 aromatic heterocycles. The molecular formula is C8H6O7. The summed E-state index contributed by atoms with van der Waals surface area (Å²) in [5.74, 6) is -5.49. The van der Waals surface area contributed by atoms with E-state index in [1.54, 1.807) is 0 Å². The number of esters is 2. The smallest absolute Gasteiger partial charge is 0.381 e. The fourth-order valence-corrected chi connectivity index (χ4v) is 0.322. The quantitative estimate of drug-likeness (QED) is 0.152. The highest BCUT2D eigenvalue weighted by Crippen LogP contribution is 1.89. The molecule has 0 saturated heterocycles. The van der Waals surface area contributed by atoms with Gasteiger partial charge >= 0.3 is 23.9 Å². The van der Waals surface area contributed by atoms with Gasteiger partial charge in [0, 0.05) is 12.2 Å². The minimum Gasteiger partial charge on any atom is -0.381 e. The van der Waals surface area contributed by atoms with Crippen molar-refractivity contribution in [2.45, 2.75) is 0 Å². The summed E-state index contributed by atoms with van der Waals surface area (Å²) in [6, 6.07) is 0. The Kier molecular flexibility index (Phi) is 5.09. The highest BCUT2D eigenvalue weighted by atomic mass is 17.2. The number of ether oxygens (including phenoxy) is 1. The first-order chi connectivity index (χ1) is 7.01. The number of rotatable bonds is 2. The van der Waals surface area contributed by atoms with E-state index in [0.717, 1.165) is 0 Å². The Hall–Kier alpha value is -2.44. The first-order valence-corrected chi connectivity index (χ1v) is 3.44. The van der Waals surface area contributed by atoms with Crippen molar-refractivity contribution in [2.75, 3.05) is 0 Å². The van der Waals surface area contributed by atoms with Crippen LogP contribution in [0.25, 0.3) is 0 Å². The largest absolute Gasteiger partial charge is 0.463 e. The molecule has 80 valence electrons. The first kappa shape index (κ1) is 12.6. The van der Waals surface area contributed by atoms with Crippen LogP contribution in [-0.2, 0) is 33.7 Å². The zero-order chi connectivity index (χ0) is 11.8. The van der Waals surface area contributed by atoms with Crippen LogP contribution in [-0.4, -0.2) is 23.9 Å². The van der Waals surface area contributed by atoms with Crippen LogP contribution in [0.3, 0.4) is 0 Å². The molecule has 0 bridgehead atoms. The fourth-order valence-electron chi connectivity index (χ4n) is 0.322. The van der Waals surface area contributed by atoms with E-state index in [2.05, 4.69) is 27.7 Å². The highest BCUT2D eigenvalue weighted by molar-refractivity contribution is 6.31. The summed E-state index contributed by atoms with van der Waals surface area (Å²) in [4.78, 5) is 49.5. The minimum absolute atomic E-state index is 0.668. The molecule has 7 heteroatoms. The molecule has 0 spiro atoms. The Bertz CT molecular complexity index is 328. The van der Waals surface area contributed by atoms with E-state index >= 15 is 0 Å². The maximum Gasteiger partial charge on any atom is 0.463 e. The molecule has 0 rings (SSSR count). The maximum atomic E-state index is 10.6. The second kappa shape index (κ2) is 6.08. The molecule has 0 unspecified atom stereocenters. The Balaban J connectivity index is 4.05. The van der Waals surface area contributed by atoms with Gasteiger partial charge in [0.15, 0.2) is 0 Å². The van der Waals surface area contributed by atoms with Crippen molar-refractivity contribution < 1.29 is 33.7 Å². The zero-order valence-corrected chi connectivity index (χ0v) is 7.43. The molecule has 0 aliphatic carbocycles. The van der Waals surface area contributed by atoms with Crippen molar-refractivity contribution in [3.05, 3.63) is 25.3 Å². The van der Waals surface area contributed by atoms with Crippen LogP contribution in [0.5, 0.6) is 0 Å². The van der Waals surface area contributed by atoms with Crippen LogP contribution in [0.15, 0.2) is 25.3 Å². The summed E-state index contributed by atoms with van der Waals surface area (Å²) in [7, 11) is 0. The van der Waals surface area contributed by atoms with E-state index in [-0.39, 0.29) is 0 Å². The molecule has 0 aromatic rings. The van der Waals surface area contributed by atoms with Gasteiger partial charge in [0.05, 0.1) is 0 Å². The first-order valence-electron chi connectivity index (χ1n) is 3.44. The summed E-state index contributed by atoms with van der Waals surface area (Å²) in [6.07, 6.45) is 1.37. The second-order valence-corrected chi connectivity index (χ2v) is 1.89. The van der Waals surface area contributed by atoms with E-state index in [1.165, 1.54) is 0 Å².